The Morgan fingerprint density at radius 1 is 1.11 bits per heavy atom. The first-order chi connectivity index (χ1) is 13.6. The van der Waals surface area contributed by atoms with Crippen LogP contribution in [0.3, 0.4) is 0 Å². The summed E-state index contributed by atoms with van der Waals surface area (Å²) in [6.45, 7) is 5.81. The van der Waals surface area contributed by atoms with Crippen LogP contribution in [0.25, 0.3) is 0 Å². The molecule has 1 saturated heterocycles. The molecule has 1 atom stereocenters. The van der Waals surface area contributed by atoms with Gasteiger partial charge in [-0.2, -0.15) is 0 Å². The van der Waals surface area contributed by atoms with Crippen LogP contribution in [0, 0.1) is 0 Å². The van der Waals surface area contributed by atoms with E-state index in [1.165, 1.54) is 0 Å². The maximum Gasteiger partial charge on any atom is 0.237 e. The molecule has 1 fully saturated rings. The summed E-state index contributed by atoms with van der Waals surface area (Å²) in [6.07, 6.45) is 1.81. The quantitative estimate of drug-likeness (QED) is 0.787. The number of aromatic nitrogens is 1. The normalized spacial score (nSPS) is 15.8. The number of piperazine rings is 1. The molecule has 1 aromatic heterocycles. The first kappa shape index (κ1) is 19.9. The molecule has 150 valence electrons. The van der Waals surface area contributed by atoms with E-state index in [9.17, 15) is 4.79 Å². The van der Waals surface area contributed by atoms with Crippen LogP contribution in [0.4, 0.5) is 5.82 Å². The van der Waals surface area contributed by atoms with Gasteiger partial charge in [-0.1, -0.05) is 12.1 Å². The van der Waals surface area contributed by atoms with Crippen LogP contribution >= 0.6 is 0 Å². The predicted octanol–water partition coefficient (Wildman–Crippen LogP) is 1.93. The van der Waals surface area contributed by atoms with Gasteiger partial charge in [0.25, 0.3) is 0 Å². The van der Waals surface area contributed by atoms with Crippen molar-refractivity contribution < 1.29 is 14.3 Å². The van der Waals surface area contributed by atoms with Gasteiger partial charge in [-0.25, -0.2) is 4.98 Å². The van der Waals surface area contributed by atoms with Crippen LogP contribution in [0.5, 0.6) is 11.5 Å². The summed E-state index contributed by atoms with van der Waals surface area (Å²) in [7, 11) is 3.21. The Bertz CT molecular complexity index is 776. The van der Waals surface area contributed by atoms with Crippen LogP contribution in [-0.4, -0.2) is 62.2 Å². The number of nitrogens with zero attached hydrogens (tertiary/aromatic N) is 3. The Balaban J connectivity index is 1.50. The predicted molar refractivity (Wildman–Crippen MR) is 109 cm³/mol. The minimum absolute atomic E-state index is 0.0288. The maximum atomic E-state index is 12.6. The van der Waals surface area contributed by atoms with Gasteiger partial charge in [0.05, 0.1) is 20.3 Å². The number of carbonyl (C=O) groups excluding carboxylic acids is 1. The highest BCUT2D eigenvalue weighted by Gasteiger charge is 2.25. The Labute approximate surface area is 166 Å². The van der Waals surface area contributed by atoms with Gasteiger partial charge in [-0.15, -0.1) is 0 Å². The molecule has 1 aliphatic heterocycles. The summed E-state index contributed by atoms with van der Waals surface area (Å²) in [4.78, 5) is 21.5. The number of benzene rings is 1. The summed E-state index contributed by atoms with van der Waals surface area (Å²) < 4.78 is 10.6. The van der Waals surface area contributed by atoms with Crippen LogP contribution in [0.1, 0.15) is 12.5 Å². The molecule has 7 nitrogen and oxygen atoms in total. The number of pyridine rings is 1. The molecule has 0 aliphatic carbocycles. The van der Waals surface area contributed by atoms with Crippen molar-refractivity contribution in [1.82, 2.24) is 15.2 Å². The number of ether oxygens (including phenoxy) is 2. The number of methoxy groups -OCH3 is 2. The van der Waals surface area contributed by atoms with E-state index >= 15 is 0 Å². The number of anilines is 1. The molecule has 2 aromatic rings. The zero-order chi connectivity index (χ0) is 19.9. The van der Waals surface area contributed by atoms with Crippen molar-refractivity contribution in [1.29, 1.82) is 0 Å². The first-order valence-electron chi connectivity index (χ1n) is 9.51. The van der Waals surface area contributed by atoms with Gasteiger partial charge in [0.15, 0.2) is 11.5 Å². The average Bonchev–Trinajstić information content (AvgIpc) is 2.77. The summed E-state index contributed by atoms with van der Waals surface area (Å²) in [5, 5.41) is 3.02. The largest absolute Gasteiger partial charge is 0.493 e. The van der Waals surface area contributed by atoms with Gasteiger partial charge < -0.3 is 19.7 Å². The zero-order valence-electron chi connectivity index (χ0n) is 16.7. The van der Waals surface area contributed by atoms with E-state index in [2.05, 4.69) is 20.1 Å². The number of hydrogen-bond donors (Lipinski definition) is 1. The van der Waals surface area contributed by atoms with Gasteiger partial charge in [0.1, 0.15) is 5.82 Å². The molecule has 28 heavy (non-hydrogen) atoms. The molecular formula is C21H28N4O3. The third kappa shape index (κ3) is 4.72. The van der Waals surface area contributed by atoms with Crippen LogP contribution in [0.15, 0.2) is 42.6 Å². The monoisotopic (exact) mass is 384 g/mol. The molecule has 2 heterocycles. The second kappa shape index (κ2) is 9.41. The molecule has 3 rings (SSSR count). The molecule has 7 heteroatoms. The second-order valence-electron chi connectivity index (χ2n) is 6.79. The summed E-state index contributed by atoms with van der Waals surface area (Å²) in [5.74, 6) is 2.36. The summed E-state index contributed by atoms with van der Waals surface area (Å²) in [5.41, 5.74) is 0.971. The third-order valence-electron chi connectivity index (χ3n) is 5.13. The SMILES string of the molecule is COc1ccc(CNC(=O)[C@H](C)N2CCN(c3ccccn3)CC2)cc1OC. The second-order valence-corrected chi connectivity index (χ2v) is 6.79. The van der Waals surface area contributed by atoms with Crippen molar-refractivity contribution in [2.24, 2.45) is 0 Å². The highest BCUT2D eigenvalue weighted by molar-refractivity contribution is 5.81. The molecule has 1 aromatic carbocycles. The Morgan fingerprint density at radius 3 is 2.50 bits per heavy atom. The van der Waals surface area contributed by atoms with E-state index in [1.807, 2.05) is 49.5 Å². The Hall–Kier alpha value is -2.80. The van der Waals surface area contributed by atoms with Crippen LogP contribution < -0.4 is 19.7 Å². The molecule has 0 bridgehead atoms. The Morgan fingerprint density at radius 2 is 1.86 bits per heavy atom. The molecule has 0 radical (unpaired) electrons. The molecule has 1 aliphatic rings. The van der Waals surface area contributed by atoms with Crippen molar-refractivity contribution >= 4 is 11.7 Å². The fourth-order valence-corrected chi connectivity index (χ4v) is 3.37. The highest BCUT2D eigenvalue weighted by Crippen LogP contribution is 2.27. The van der Waals surface area contributed by atoms with E-state index in [-0.39, 0.29) is 11.9 Å². The van der Waals surface area contributed by atoms with Gasteiger partial charge in [-0.05, 0) is 36.8 Å². The van der Waals surface area contributed by atoms with Crippen molar-refractivity contribution in [2.75, 3.05) is 45.3 Å². The number of amides is 1. The van der Waals surface area contributed by atoms with Crippen molar-refractivity contribution in [3.05, 3.63) is 48.2 Å². The standard InChI is InChI=1S/C21H28N4O3/c1-16(24-10-12-25(13-11-24)20-6-4-5-9-22-20)21(26)23-15-17-7-8-18(27-2)19(14-17)28-3/h4-9,14,16H,10-13,15H2,1-3H3,(H,23,26)/t16-/m0/s1. The summed E-state index contributed by atoms with van der Waals surface area (Å²) in [6, 6.07) is 11.4. The van der Waals surface area contributed by atoms with Gasteiger partial charge in [0.2, 0.25) is 5.91 Å². The lowest BCUT2D eigenvalue weighted by atomic mass is 10.1. The van der Waals surface area contributed by atoms with E-state index in [0.717, 1.165) is 37.6 Å². The van der Waals surface area contributed by atoms with E-state index in [4.69, 9.17) is 9.47 Å². The highest BCUT2D eigenvalue weighted by atomic mass is 16.5. The molecule has 0 spiro atoms. The smallest absolute Gasteiger partial charge is 0.237 e. The fourth-order valence-electron chi connectivity index (χ4n) is 3.37. The minimum Gasteiger partial charge on any atom is -0.493 e. The zero-order valence-corrected chi connectivity index (χ0v) is 16.7. The fraction of sp³-hybridized carbons (Fsp3) is 0.429. The topological polar surface area (TPSA) is 66.9 Å². The number of rotatable bonds is 7. The van der Waals surface area contributed by atoms with Crippen LogP contribution in [0.2, 0.25) is 0 Å². The van der Waals surface area contributed by atoms with Gasteiger partial charge in [0, 0.05) is 38.9 Å². The van der Waals surface area contributed by atoms with Crippen molar-refractivity contribution in [3.63, 3.8) is 0 Å². The minimum atomic E-state index is -0.175. The van der Waals surface area contributed by atoms with E-state index in [0.29, 0.717) is 18.0 Å². The lowest BCUT2D eigenvalue weighted by molar-refractivity contribution is -0.126. The number of carbonyl (C=O) groups is 1. The van der Waals surface area contributed by atoms with Gasteiger partial charge in [-0.3, -0.25) is 9.69 Å². The molecule has 1 N–H and O–H groups in total. The first-order valence-corrected chi connectivity index (χ1v) is 9.51. The number of hydrogen-bond acceptors (Lipinski definition) is 6. The molecule has 0 unspecified atom stereocenters. The average molecular weight is 384 g/mol. The van der Waals surface area contributed by atoms with E-state index in [1.54, 1.807) is 14.2 Å². The van der Waals surface area contributed by atoms with Crippen molar-refractivity contribution in [3.8, 4) is 11.5 Å². The van der Waals surface area contributed by atoms with E-state index < -0.39 is 0 Å². The lowest BCUT2D eigenvalue weighted by Gasteiger charge is -2.37. The number of nitrogens with one attached hydrogen (secondary N) is 1. The molecular weight excluding hydrogens is 356 g/mol. The van der Waals surface area contributed by atoms with Gasteiger partial charge >= 0.3 is 0 Å². The van der Waals surface area contributed by atoms with Crippen molar-refractivity contribution in [2.45, 2.75) is 19.5 Å². The third-order valence-corrected chi connectivity index (χ3v) is 5.13. The lowest BCUT2D eigenvalue weighted by Crippen LogP contribution is -2.54. The van der Waals surface area contributed by atoms with Crippen LogP contribution in [-0.2, 0) is 11.3 Å². The molecule has 1 amide bonds. The Kier molecular flexibility index (Phi) is 6.71. The molecule has 0 saturated carbocycles. The summed E-state index contributed by atoms with van der Waals surface area (Å²) >= 11 is 0. The maximum absolute atomic E-state index is 12.6.